The van der Waals surface area contributed by atoms with E-state index in [-0.39, 0.29) is 0 Å². The molecule has 0 rings (SSSR count). The van der Waals surface area contributed by atoms with Crippen molar-refractivity contribution in [3.05, 3.63) is 0 Å². The van der Waals surface area contributed by atoms with Gasteiger partial charge in [0.05, 0.1) is 0 Å². The van der Waals surface area contributed by atoms with Crippen LogP contribution >= 0.6 is 0 Å². The molecule has 0 spiro atoms. The predicted octanol–water partition coefficient (Wildman–Crippen LogP) is 1.97. The van der Waals surface area contributed by atoms with Gasteiger partial charge in [-0.25, -0.2) is 0 Å². The molecule has 0 aromatic heterocycles. The first kappa shape index (κ1) is 13.8. The number of hydrogen-bond acceptors (Lipinski definition) is 4. The SMILES string of the molecule is CCCCCCN(O)CCN(O)CC. The maximum atomic E-state index is 9.39. The van der Waals surface area contributed by atoms with E-state index in [1.165, 1.54) is 29.4 Å². The van der Waals surface area contributed by atoms with Crippen molar-refractivity contribution in [3.8, 4) is 0 Å². The molecule has 0 bridgehead atoms. The summed E-state index contributed by atoms with van der Waals surface area (Å²) in [4.78, 5) is 0. The molecule has 0 aliphatic rings. The van der Waals surface area contributed by atoms with Crippen molar-refractivity contribution < 1.29 is 10.4 Å². The van der Waals surface area contributed by atoms with Crippen LogP contribution in [0.5, 0.6) is 0 Å². The predicted molar refractivity (Wildman–Crippen MR) is 56.5 cm³/mol. The monoisotopic (exact) mass is 204 g/mol. The minimum absolute atomic E-state index is 0.501. The van der Waals surface area contributed by atoms with Crippen molar-refractivity contribution >= 4 is 0 Å². The van der Waals surface area contributed by atoms with E-state index < -0.39 is 0 Å². The summed E-state index contributed by atoms with van der Waals surface area (Å²) in [6, 6.07) is 0. The van der Waals surface area contributed by atoms with Crippen molar-refractivity contribution in [3.63, 3.8) is 0 Å². The molecule has 0 aliphatic heterocycles. The second-order valence-electron chi connectivity index (χ2n) is 3.56. The van der Waals surface area contributed by atoms with Crippen LogP contribution in [0.1, 0.15) is 39.5 Å². The normalized spacial score (nSPS) is 11.6. The van der Waals surface area contributed by atoms with Gasteiger partial charge in [0.1, 0.15) is 0 Å². The highest BCUT2D eigenvalue weighted by Gasteiger charge is 2.02. The van der Waals surface area contributed by atoms with Crippen LogP contribution in [-0.2, 0) is 0 Å². The van der Waals surface area contributed by atoms with E-state index in [0.717, 1.165) is 6.42 Å². The van der Waals surface area contributed by atoms with Gasteiger partial charge in [-0.3, -0.25) is 0 Å². The fourth-order valence-electron chi connectivity index (χ4n) is 1.22. The van der Waals surface area contributed by atoms with Crippen LogP contribution in [0.25, 0.3) is 0 Å². The van der Waals surface area contributed by atoms with Crippen LogP contribution in [0.15, 0.2) is 0 Å². The van der Waals surface area contributed by atoms with Crippen molar-refractivity contribution in [2.75, 3.05) is 26.2 Å². The molecule has 0 atom stereocenters. The van der Waals surface area contributed by atoms with Crippen molar-refractivity contribution in [2.24, 2.45) is 0 Å². The van der Waals surface area contributed by atoms with Crippen molar-refractivity contribution in [2.45, 2.75) is 39.5 Å². The largest absolute Gasteiger partial charge is 0.314 e. The van der Waals surface area contributed by atoms with Gasteiger partial charge in [0.25, 0.3) is 0 Å². The summed E-state index contributed by atoms with van der Waals surface area (Å²) in [7, 11) is 0. The Labute approximate surface area is 87.0 Å². The van der Waals surface area contributed by atoms with Gasteiger partial charge >= 0.3 is 0 Å². The van der Waals surface area contributed by atoms with Gasteiger partial charge in [0.2, 0.25) is 0 Å². The van der Waals surface area contributed by atoms with Gasteiger partial charge in [0, 0.05) is 26.2 Å². The molecule has 0 fully saturated rings. The summed E-state index contributed by atoms with van der Waals surface area (Å²) >= 11 is 0. The van der Waals surface area contributed by atoms with E-state index in [0.29, 0.717) is 26.2 Å². The third-order valence-corrected chi connectivity index (χ3v) is 2.25. The second kappa shape index (κ2) is 9.40. The minimum atomic E-state index is 0.501. The lowest BCUT2D eigenvalue weighted by Crippen LogP contribution is -2.32. The standard InChI is InChI=1S/C10H24N2O2/c1-3-5-6-7-8-12(14)10-9-11(13)4-2/h13-14H,3-10H2,1-2H3. The summed E-state index contributed by atoms with van der Waals surface area (Å²) in [5.74, 6) is 0. The average Bonchev–Trinajstić information content (AvgIpc) is 2.21. The minimum Gasteiger partial charge on any atom is -0.314 e. The zero-order valence-corrected chi connectivity index (χ0v) is 9.45. The smallest absolute Gasteiger partial charge is 0.0389 e. The summed E-state index contributed by atoms with van der Waals surface area (Å²) in [6.07, 6.45) is 4.65. The first-order valence-corrected chi connectivity index (χ1v) is 5.58. The molecule has 0 saturated carbocycles. The van der Waals surface area contributed by atoms with Gasteiger partial charge < -0.3 is 10.4 Å². The Balaban J connectivity index is 3.23. The van der Waals surface area contributed by atoms with Gasteiger partial charge in [-0.05, 0) is 6.42 Å². The van der Waals surface area contributed by atoms with Crippen LogP contribution in [0.2, 0.25) is 0 Å². The average molecular weight is 204 g/mol. The lowest BCUT2D eigenvalue weighted by atomic mass is 10.2. The summed E-state index contributed by atoms with van der Waals surface area (Å²) in [6.45, 7) is 6.36. The number of unbranched alkanes of at least 4 members (excludes halogenated alkanes) is 3. The summed E-state index contributed by atoms with van der Waals surface area (Å²) < 4.78 is 0. The van der Waals surface area contributed by atoms with Crippen LogP contribution < -0.4 is 0 Å². The maximum Gasteiger partial charge on any atom is 0.0389 e. The third kappa shape index (κ3) is 8.44. The molecule has 0 unspecified atom stereocenters. The van der Waals surface area contributed by atoms with Gasteiger partial charge in [-0.1, -0.05) is 33.1 Å². The second-order valence-corrected chi connectivity index (χ2v) is 3.56. The van der Waals surface area contributed by atoms with Gasteiger partial charge in [0.15, 0.2) is 0 Å². The highest BCUT2D eigenvalue weighted by atomic mass is 16.5. The Morgan fingerprint density at radius 2 is 1.43 bits per heavy atom. The molecule has 0 amide bonds. The van der Waals surface area contributed by atoms with E-state index in [1.807, 2.05) is 6.92 Å². The third-order valence-electron chi connectivity index (χ3n) is 2.25. The Morgan fingerprint density at radius 3 is 2.00 bits per heavy atom. The zero-order valence-electron chi connectivity index (χ0n) is 9.45. The molecule has 0 radical (unpaired) electrons. The number of likely N-dealkylation sites (N-methyl/N-ethyl adjacent to an activating group) is 1. The molecule has 2 N–H and O–H groups in total. The van der Waals surface area contributed by atoms with Gasteiger partial charge in [-0.2, -0.15) is 10.1 Å². The van der Waals surface area contributed by atoms with Crippen LogP contribution in [0, 0.1) is 0 Å². The summed E-state index contributed by atoms with van der Waals surface area (Å²) in [5, 5.41) is 21.0. The zero-order chi connectivity index (χ0) is 10.8. The number of rotatable bonds is 9. The topological polar surface area (TPSA) is 46.9 Å². The molecule has 4 nitrogen and oxygen atoms in total. The van der Waals surface area contributed by atoms with E-state index in [4.69, 9.17) is 5.21 Å². The molecular formula is C10H24N2O2. The quantitative estimate of drug-likeness (QED) is 0.445. The Bertz CT molecular complexity index is 123. The van der Waals surface area contributed by atoms with E-state index in [1.54, 1.807) is 0 Å². The van der Waals surface area contributed by atoms with E-state index in [9.17, 15) is 5.21 Å². The fourth-order valence-corrected chi connectivity index (χ4v) is 1.22. The molecule has 0 aromatic rings. The van der Waals surface area contributed by atoms with Crippen molar-refractivity contribution in [1.29, 1.82) is 0 Å². The first-order chi connectivity index (χ1) is 6.70. The molecule has 86 valence electrons. The van der Waals surface area contributed by atoms with Crippen molar-refractivity contribution in [1.82, 2.24) is 10.1 Å². The molecule has 0 aliphatic carbocycles. The van der Waals surface area contributed by atoms with Gasteiger partial charge in [-0.15, -0.1) is 0 Å². The number of nitrogens with zero attached hydrogens (tertiary/aromatic N) is 2. The lowest BCUT2D eigenvalue weighted by molar-refractivity contribution is -0.136. The number of hydroxylamine groups is 4. The van der Waals surface area contributed by atoms with E-state index in [2.05, 4.69) is 6.92 Å². The Morgan fingerprint density at radius 1 is 0.786 bits per heavy atom. The summed E-state index contributed by atoms with van der Waals surface area (Å²) in [5.41, 5.74) is 0. The fraction of sp³-hybridized carbons (Fsp3) is 1.00. The Kier molecular flexibility index (Phi) is 9.29. The first-order valence-electron chi connectivity index (χ1n) is 5.58. The van der Waals surface area contributed by atoms with Crippen LogP contribution in [-0.4, -0.2) is 46.7 Å². The van der Waals surface area contributed by atoms with E-state index >= 15 is 0 Å². The molecule has 14 heavy (non-hydrogen) atoms. The Hall–Kier alpha value is -0.160. The molecule has 0 aromatic carbocycles. The molecule has 0 saturated heterocycles. The highest BCUT2D eigenvalue weighted by molar-refractivity contribution is 4.49. The molecule has 0 heterocycles. The highest BCUT2D eigenvalue weighted by Crippen LogP contribution is 1.99. The molecular weight excluding hydrogens is 180 g/mol. The maximum absolute atomic E-state index is 9.39. The molecule has 4 heteroatoms. The van der Waals surface area contributed by atoms with Crippen LogP contribution in [0.4, 0.5) is 0 Å². The lowest BCUT2D eigenvalue weighted by Gasteiger charge is -2.17. The number of hydrogen-bond donors (Lipinski definition) is 2. The van der Waals surface area contributed by atoms with Crippen LogP contribution in [0.3, 0.4) is 0 Å².